The maximum Gasteiger partial charge on any atom is 0.338 e. The molecule has 1 saturated heterocycles. The molecule has 37 heavy (non-hydrogen) atoms. The van der Waals surface area contributed by atoms with Crippen LogP contribution in [0.15, 0.2) is 72.3 Å². The molecule has 3 aromatic rings. The molecule has 1 aliphatic rings. The second kappa shape index (κ2) is 10.9. The van der Waals surface area contributed by atoms with Crippen LogP contribution in [0.5, 0.6) is 5.75 Å². The number of halogens is 1. The van der Waals surface area contributed by atoms with Gasteiger partial charge in [-0.1, -0.05) is 41.4 Å². The van der Waals surface area contributed by atoms with E-state index in [1.165, 1.54) is 23.1 Å². The third-order valence-electron chi connectivity index (χ3n) is 5.96. The highest BCUT2D eigenvalue weighted by molar-refractivity contribution is 6.51. The number of aliphatic hydroxyl groups excluding tert-OH is 1. The molecule has 0 bridgehead atoms. The fourth-order valence-corrected chi connectivity index (χ4v) is 4.47. The Bertz CT molecular complexity index is 1400. The van der Waals surface area contributed by atoms with Crippen molar-refractivity contribution < 1.29 is 29.0 Å². The number of Topliss-reactive ketones (excluding diaryl/α,β-unsaturated/α-hetero) is 1. The van der Waals surface area contributed by atoms with E-state index in [1.807, 2.05) is 25.1 Å². The van der Waals surface area contributed by atoms with Crippen LogP contribution in [0.3, 0.4) is 0 Å². The molecule has 1 unspecified atom stereocenters. The summed E-state index contributed by atoms with van der Waals surface area (Å²) in [5.74, 6) is -2.10. The Labute approximate surface area is 219 Å². The number of amides is 1. The minimum atomic E-state index is -0.903. The van der Waals surface area contributed by atoms with Gasteiger partial charge in [0.05, 0.1) is 35.4 Å². The smallest absolute Gasteiger partial charge is 0.338 e. The molecule has 4 rings (SSSR count). The van der Waals surface area contributed by atoms with Crippen molar-refractivity contribution in [2.24, 2.45) is 0 Å². The van der Waals surface area contributed by atoms with Crippen molar-refractivity contribution in [3.8, 4) is 5.75 Å². The quantitative estimate of drug-likeness (QED) is 0.182. The second-order valence-corrected chi connectivity index (χ2v) is 8.84. The van der Waals surface area contributed by atoms with Crippen molar-refractivity contribution in [3.05, 3.63) is 99.6 Å². The average molecular weight is 520 g/mol. The number of carbonyl (C=O) groups is 3. The first kappa shape index (κ1) is 26.0. The summed E-state index contributed by atoms with van der Waals surface area (Å²) in [6.45, 7) is 6.01. The molecule has 0 aliphatic carbocycles. The van der Waals surface area contributed by atoms with E-state index in [-0.39, 0.29) is 17.9 Å². The number of hydrogen-bond acceptors (Lipinski definition) is 6. The predicted octanol–water partition coefficient (Wildman–Crippen LogP) is 5.85. The molecule has 1 N–H and O–H groups in total. The number of ether oxygens (including phenoxy) is 2. The predicted molar refractivity (Wildman–Crippen MR) is 141 cm³/mol. The van der Waals surface area contributed by atoms with E-state index in [0.717, 1.165) is 5.56 Å². The number of aryl methyl sites for hydroxylation is 1. The van der Waals surface area contributed by atoms with Gasteiger partial charge in [-0.05, 0) is 68.8 Å². The molecule has 190 valence electrons. The lowest BCUT2D eigenvalue weighted by Gasteiger charge is -2.26. The van der Waals surface area contributed by atoms with Crippen LogP contribution in [0.1, 0.15) is 46.9 Å². The van der Waals surface area contributed by atoms with Gasteiger partial charge < -0.3 is 14.6 Å². The zero-order valence-corrected chi connectivity index (χ0v) is 21.4. The van der Waals surface area contributed by atoms with Crippen molar-refractivity contribution in [1.82, 2.24) is 0 Å². The fraction of sp³-hybridized carbons (Fsp3) is 0.207. The highest BCUT2D eigenvalue weighted by atomic mass is 35.5. The SMILES string of the molecule is CCOC(=O)c1ccc(N2C(=O)C(=O)/C(=C(\O)c3ccc(Cl)c(OCC)c3)C2c2cccc(C)c2)cc1. The maximum atomic E-state index is 13.4. The standard InChI is InChI=1S/C29H26ClNO6/c1-4-36-23-16-20(11-14-22(23)30)26(32)24-25(19-8-6-7-17(3)15-19)31(28(34)27(24)33)21-12-9-18(10-13-21)29(35)37-5-2/h6-16,25,32H,4-5H2,1-3H3/b26-24-. The Morgan fingerprint density at radius 3 is 2.32 bits per heavy atom. The van der Waals surface area contributed by atoms with Crippen molar-refractivity contribution in [2.75, 3.05) is 18.1 Å². The zero-order chi connectivity index (χ0) is 26.7. The summed E-state index contributed by atoms with van der Waals surface area (Å²) in [4.78, 5) is 40.2. The molecule has 1 aliphatic heterocycles. The molecule has 7 nitrogen and oxygen atoms in total. The van der Waals surface area contributed by atoms with Crippen molar-refractivity contribution >= 4 is 40.7 Å². The monoisotopic (exact) mass is 519 g/mol. The second-order valence-electron chi connectivity index (χ2n) is 8.43. The number of hydrogen-bond donors (Lipinski definition) is 1. The number of aliphatic hydroxyl groups is 1. The molecular weight excluding hydrogens is 494 g/mol. The Kier molecular flexibility index (Phi) is 7.64. The number of benzene rings is 3. The first-order valence-corrected chi connectivity index (χ1v) is 12.2. The van der Waals surface area contributed by atoms with Crippen LogP contribution in [0.25, 0.3) is 5.76 Å². The number of nitrogens with zero attached hydrogens (tertiary/aromatic N) is 1. The molecule has 3 aromatic carbocycles. The van der Waals surface area contributed by atoms with Gasteiger partial charge in [0, 0.05) is 11.3 Å². The first-order valence-electron chi connectivity index (χ1n) is 11.8. The Hall–Kier alpha value is -4.10. The van der Waals surface area contributed by atoms with Gasteiger partial charge in [-0.25, -0.2) is 4.79 Å². The Morgan fingerprint density at radius 2 is 1.68 bits per heavy atom. The highest BCUT2D eigenvalue weighted by Gasteiger charge is 2.47. The number of carbonyl (C=O) groups excluding carboxylic acids is 3. The van der Waals surface area contributed by atoms with Crippen LogP contribution in [0, 0.1) is 6.92 Å². The van der Waals surface area contributed by atoms with Crippen LogP contribution in [-0.2, 0) is 14.3 Å². The number of esters is 1. The van der Waals surface area contributed by atoms with Crippen LogP contribution < -0.4 is 9.64 Å². The van der Waals surface area contributed by atoms with Crippen molar-refractivity contribution in [3.63, 3.8) is 0 Å². The summed E-state index contributed by atoms with van der Waals surface area (Å²) in [5, 5.41) is 11.7. The zero-order valence-electron chi connectivity index (χ0n) is 20.7. The van der Waals surface area contributed by atoms with Crippen LogP contribution in [-0.4, -0.2) is 36.0 Å². The molecular formula is C29H26ClNO6. The third kappa shape index (κ3) is 5.08. The van der Waals surface area contributed by atoms with Gasteiger partial charge in [0.1, 0.15) is 11.5 Å². The fourth-order valence-electron chi connectivity index (χ4n) is 4.30. The maximum absolute atomic E-state index is 13.4. The Balaban J connectivity index is 1.87. The minimum absolute atomic E-state index is 0.0603. The van der Waals surface area contributed by atoms with E-state index in [1.54, 1.807) is 44.2 Å². The third-order valence-corrected chi connectivity index (χ3v) is 6.28. The summed E-state index contributed by atoms with van der Waals surface area (Å²) in [6, 6.07) is 17.4. The average Bonchev–Trinajstić information content (AvgIpc) is 3.15. The van der Waals surface area contributed by atoms with Gasteiger partial charge in [0.15, 0.2) is 0 Å². The molecule has 0 spiro atoms. The molecule has 1 fully saturated rings. The summed E-state index contributed by atoms with van der Waals surface area (Å²) in [6.07, 6.45) is 0. The normalized spacial score (nSPS) is 16.6. The lowest BCUT2D eigenvalue weighted by Crippen LogP contribution is -2.29. The largest absolute Gasteiger partial charge is 0.507 e. The minimum Gasteiger partial charge on any atom is -0.507 e. The molecule has 1 heterocycles. The number of rotatable bonds is 7. The van der Waals surface area contributed by atoms with E-state index in [0.29, 0.717) is 39.8 Å². The Morgan fingerprint density at radius 1 is 0.973 bits per heavy atom. The number of anilines is 1. The molecule has 0 radical (unpaired) electrons. The van der Waals surface area contributed by atoms with Crippen LogP contribution >= 0.6 is 11.6 Å². The summed E-state index contributed by atoms with van der Waals surface area (Å²) in [7, 11) is 0. The van der Waals surface area contributed by atoms with Crippen molar-refractivity contribution in [1.29, 1.82) is 0 Å². The summed E-state index contributed by atoms with van der Waals surface area (Å²) < 4.78 is 10.6. The van der Waals surface area contributed by atoms with Gasteiger partial charge in [0.25, 0.3) is 11.7 Å². The molecule has 8 heteroatoms. The van der Waals surface area contributed by atoms with Crippen molar-refractivity contribution in [2.45, 2.75) is 26.8 Å². The van der Waals surface area contributed by atoms with Crippen LogP contribution in [0.4, 0.5) is 5.69 Å². The number of ketones is 1. The van der Waals surface area contributed by atoms with Gasteiger partial charge in [-0.15, -0.1) is 0 Å². The van der Waals surface area contributed by atoms with E-state index in [9.17, 15) is 19.5 Å². The van der Waals surface area contributed by atoms with Gasteiger partial charge in [-0.3, -0.25) is 14.5 Å². The molecule has 0 saturated carbocycles. The van der Waals surface area contributed by atoms with Gasteiger partial charge >= 0.3 is 5.97 Å². The summed E-state index contributed by atoms with van der Waals surface area (Å²) >= 11 is 6.21. The van der Waals surface area contributed by atoms with E-state index < -0.39 is 23.7 Å². The summed E-state index contributed by atoms with van der Waals surface area (Å²) in [5.41, 5.74) is 2.52. The van der Waals surface area contributed by atoms with Gasteiger partial charge in [-0.2, -0.15) is 0 Å². The highest BCUT2D eigenvalue weighted by Crippen LogP contribution is 2.43. The van der Waals surface area contributed by atoms with E-state index >= 15 is 0 Å². The van der Waals surface area contributed by atoms with Gasteiger partial charge in [0.2, 0.25) is 0 Å². The molecule has 1 amide bonds. The first-order chi connectivity index (χ1) is 17.8. The van der Waals surface area contributed by atoms with E-state index in [4.69, 9.17) is 21.1 Å². The molecule has 1 atom stereocenters. The van der Waals surface area contributed by atoms with E-state index in [2.05, 4.69) is 0 Å². The lowest BCUT2D eigenvalue weighted by molar-refractivity contribution is -0.132. The topological polar surface area (TPSA) is 93.1 Å². The van der Waals surface area contributed by atoms with Crippen LogP contribution in [0.2, 0.25) is 5.02 Å². The molecule has 0 aromatic heterocycles. The lowest BCUT2D eigenvalue weighted by atomic mass is 9.94.